The third kappa shape index (κ3) is 6.11. The molecular weight excluding hydrogens is 448 g/mol. The standard InChI is InChI=1S/C35H56N2/c1-13-23(2)18-20-34(10,11)28-19-21-35(12)26(16-17-29(35)31(28)36)24(3)37-30-22-25(32(4,5)6)14-15-27(30)33(7,8)9/h13-15,22,26,28-29,31,37H,1-3,16-21,36H2,4-12H3/t26?,28?,29?,31?,35-/m1/s1. The highest BCUT2D eigenvalue weighted by molar-refractivity contribution is 5.60. The van der Waals surface area contributed by atoms with Gasteiger partial charge in [0, 0.05) is 23.3 Å². The molecule has 1 aromatic rings. The lowest BCUT2D eigenvalue weighted by Crippen LogP contribution is -2.53. The Morgan fingerprint density at radius 1 is 1.03 bits per heavy atom. The zero-order valence-corrected chi connectivity index (χ0v) is 25.6. The van der Waals surface area contributed by atoms with E-state index >= 15 is 0 Å². The van der Waals surface area contributed by atoms with Gasteiger partial charge in [-0.05, 0) is 89.2 Å². The maximum atomic E-state index is 7.15. The van der Waals surface area contributed by atoms with Crippen LogP contribution in [0.1, 0.15) is 112 Å². The molecule has 206 valence electrons. The summed E-state index contributed by atoms with van der Waals surface area (Å²) < 4.78 is 0. The fourth-order valence-corrected chi connectivity index (χ4v) is 7.48. The third-order valence-corrected chi connectivity index (χ3v) is 10.1. The second-order valence-electron chi connectivity index (χ2n) is 15.2. The molecule has 0 heterocycles. The molecule has 1 aromatic carbocycles. The summed E-state index contributed by atoms with van der Waals surface area (Å²) in [7, 11) is 0. The van der Waals surface area contributed by atoms with Gasteiger partial charge in [-0.3, -0.25) is 0 Å². The summed E-state index contributed by atoms with van der Waals surface area (Å²) in [5, 5.41) is 3.87. The number of fused-ring (bicyclic) bond motifs is 1. The van der Waals surface area contributed by atoms with Crippen molar-refractivity contribution in [3.05, 3.63) is 66.4 Å². The highest BCUT2D eigenvalue weighted by atomic mass is 14.9. The molecule has 0 bridgehead atoms. The zero-order valence-electron chi connectivity index (χ0n) is 25.6. The molecule has 0 aromatic heterocycles. The fourth-order valence-electron chi connectivity index (χ4n) is 7.48. The quantitative estimate of drug-likeness (QED) is 0.346. The Labute approximate surface area is 229 Å². The zero-order chi connectivity index (χ0) is 28.0. The van der Waals surface area contributed by atoms with E-state index < -0.39 is 0 Å². The molecule has 2 aliphatic carbocycles. The van der Waals surface area contributed by atoms with E-state index in [1.54, 1.807) is 0 Å². The number of hydrogen-bond acceptors (Lipinski definition) is 2. The van der Waals surface area contributed by atoms with Gasteiger partial charge in [0.1, 0.15) is 0 Å². The molecule has 2 heteroatoms. The Kier molecular flexibility index (Phi) is 8.36. The van der Waals surface area contributed by atoms with Gasteiger partial charge in [-0.15, -0.1) is 0 Å². The van der Waals surface area contributed by atoms with Crippen molar-refractivity contribution in [3.8, 4) is 0 Å². The fraction of sp³-hybridized carbons (Fsp3) is 0.657. The second-order valence-corrected chi connectivity index (χ2v) is 15.2. The molecular formula is C35H56N2. The Morgan fingerprint density at radius 3 is 2.24 bits per heavy atom. The molecule has 0 aliphatic heterocycles. The van der Waals surface area contributed by atoms with Gasteiger partial charge in [0.25, 0.3) is 0 Å². The number of nitrogens with one attached hydrogen (secondary N) is 1. The number of anilines is 1. The number of nitrogens with two attached hydrogens (primary N) is 1. The minimum Gasteiger partial charge on any atom is -0.359 e. The molecule has 2 nitrogen and oxygen atoms in total. The van der Waals surface area contributed by atoms with E-state index in [1.807, 2.05) is 6.08 Å². The van der Waals surface area contributed by atoms with Gasteiger partial charge < -0.3 is 11.1 Å². The van der Waals surface area contributed by atoms with Crippen molar-refractivity contribution in [2.45, 2.75) is 118 Å². The van der Waals surface area contributed by atoms with Crippen molar-refractivity contribution in [1.29, 1.82) is 0 Å². The number of rotatable bonds is 8. The van der Waals surface area contributed by atoms with Crippen LogP contribution in [0.5, 0.6) is 0 Å². The number of hydrogen-bond donors (Lipinski definition) is 2. The number of allylic oxidation sites excluding steroid dienone is 3. The largest absolute Gasteiger partial charge is 0.359 e. The van der Waals surface area contributed by atoms with E-state index in [0.717, 1.165) is 18.4 Å². The Hall–Kier alpha value is -1.80. The average molecular weight is 505 g/mol. The lowest BCUT2D eigenvalue weighted by Gasteiger charge is -2.52. The molecule has 0 radical (unpaired) electrons. The topological polar surface area (TPSA) is 38.0 Å². The van der Waals surface area contributed by atoms with E-state index in [0.29, 0.717) is 17.8 Å². The normalized spacial score (nSPS) is 28.5. The Bertz CT molecular complexity index is 1010. The van der Waals surface area contributed by atoms with Crippen LogP contribution in [0.25, 0.3) is 0 Å². The van der Waals surface area contributed by atoms with Crippen LogP contribution in [0, 0.1) is 28.6 Å². The minimum absolute atomic E-state index is 0.0596. The molecule has 37 heavy (non-hydrogen) atoms. The predicted octanol–water partition coefficient (Wildman–Crippen LogP) is 9.53. The van der Waals surface area contributed by atoms with Crippen LogP contribution in [0.4, 0.5) is 5.69 Å². The van der Waals surface area contributed by atoms with E-state index in [9.17, 15) is 0 Å². The van der Waals surface area contributed by atoms with Gasteiger partial charge in [0.05, 0.1) is 0 Å². The van der Waals surface area contributed by atoms with Crippen molar-refractivity contribution in [2.75, 3.05) is 5.32 Å². The van der Waals surface area contributed by atoms with Gasteiger partial charge in [-0.1, -0.05) is 106 Å². The molecule has 0 saturated heterocycles. The smallest absolute Gasteiger partial charge is 0.0422 e. The van der Waals surface area contributed by atoms with Crippen LogP contribution in [-0.4, -0.2) is 6.04 Å². The lowest BCUT2D eigenvalue weighted by molar-refractivity contribution is 0.00834. The molecule has 2 saturated carbocycles. The van der Waals surface area contributed by atoms with Gasteiger partial charge in [-0.25, -0.2) is 0 Å². The summed E-state index contributed by atoms with van der Waals surface area (Å²) >= 11 is 0. The van der Waals surface area contributed by atoms with Crippen molar-refractivity contribution in [3.63, 3.8) is 0 Å². The first-order chi connectivity index (χ1) is 16.9. The van der Waals surface area contributed by atoms with Crippen LogP contribution in [0.15, 0.2) is 55.3 Å². The van der Waals surface area contributed by atoms with Crippen LogP contribution in [-0.2, 0) is 10.8 Å². The van der Waals surface area contributed by atoms with E-state index in [-0.39, 0.29) is 27.7 Å². The van der Waals surface area contributed by atoms with Crippen LogP contribution in [0.2, 0.25) is 0 Å². The number of benzene rings is 1. The highest BCUT2D eigenvalue weighted by Gasteiger charge is 2.55. The van der Waals surface area contributed by atoms with Crippen LogP contribution < -0.4 is 11.1 Å². The van der Waals surface area contributed by atoms with Crippen molar-refractivity contribution >= 4 is 5.69 Å². The van der Waals surface area contributed by atoms with Crippen LogP contribution >= 0.6 is 0 Å². The summed E-state index contributed by atoms with van der Waals surface area (Å²) in [5.74, 6) is 1.53. The average Bonchev–Trinajstić information content (AvgIpc) is 3.14. The van der Waals surface area contributed by atoms with Gasteiger partial charge in [0.15, 0.2) is 0 Å². The maximum Gasteiger partial charge on any atom is 0.0422 e. The Morgan fingerprint density at radius 2 is 1.68 bits per heavy atom. The van der Waals surface area contributed by atoms with E-state index in [1.165, 1.54) is 48.2 Å². The van der Waals surface area contributed by atoms with Crippen molar-refractivity contribution < 1.29 is 0 Å². The molecule has 4 unspecified atom stereocenters. The van der Waals surface area contributed by atoms with E-state index in [4.69, 9.17) is 5.73 Å². The van der Waals surface area contributed by atoms with Gasteiger partial charge in [-0.2, -0.15) is 0 Å². The Balaban J connectivity index is 1.82. The third-order valence-electron chi connectivity index (χ3n) is 10.1. The highest BCUT2D eigenvalue weighted by Crippen LogP contribution is 2.60. The van der Waals surface area contributed by atoms with Gasteiger partial charge in [0.2, 0.25) is 0 Å². The summed E-state index contributed by atoms with van der Waals surface area (Å²) in [6.45, 7) is 33.8. The summed E-state index contributed by atoms with van der Waals surface area (Å²) in [6, 6.07) is 7.22. The van der Waals surface area contributed by atoms with E-state index in [2.05, 4.69) is 106 Å². The van der Waals surface area contributed by atoms with Crippen molar-refractivity contribution in [1.82, 2.24) is 0 Å². The van der Waals surface area contributed by atoms with Gasteiger partial charge >= 0.3 is 0 Å². The lowest BCUT2D eigenvalue weighted by atomic mass is 9.55. The molecule has 3 N–H and O–H groups in total. The molecule has 0 spiro atoms. The predicted molar refractivity (Wildman–Crippen MR) is 164 cm³/mol. The maximum absolute atomic E-state index is 7.15. The van der Waals surface area contributed by atoms with Crippen molar-refractivity contribution in [2.24, 2.45) is 34.3 Å². The SMILES string of the molecule is C=CC(=C)CCC(C)(C)C1CC[C@]2(C)C(C(=C)Nc3cc(C(C)(C)C)ccc3C(C)(C)C)CCC2C1N. The summed E-state index contributed by atoms with van der Waals surface area (Å²) in [4.78, 5) is 0. The molecule has 2 aliphatic rings. The molecule has 5 atom stereocenters. The summed E-state index contributed by atoms with van der Waals surface area (Å²) in [5.41, 5.74) is 14.0. The first kappa shape index (κ1) is 29.8. The molecule has 0 amide bonds. The van der Waals surface area contributed by atoms with Crippen LogP contribution in [0.3, 0.4) is 0 Å². The second kappa shape index (κ2) is 10.4. The monoisotopic (exact) mass is 504 g/mol. The first-order valence-corrected chi connectivity index (χ1v) is 14.6. The molecule has 3 rings (SSSR count). The molecule has 2 fully saturated rings. The summed E-state index contributed by atoms with van der Waals surface area (Å²) in [6.07, 6.45) is 8.82. The minimum atomic E-state index is 0.0596. The first-order valence-electron chi connectivity index (χ1n) is 14.6.